The maximum Gasteiger partial charge on any atom is 0.219 e. The summed E-state index contributed by atoms with van der Waals surface area (Å²) in [6.07, 6.45) is 0. The van der Waals surface area contributed by atoms with Gasteiger partial charge in [0.05, 0.1) is 6.54 Å². The zero-order valence-electron chi connectivity index (χ0n) is 16.4. The Morgan fingerprint density at radius 2 is 2.00 bits per heavy atom. The minimum absolute atomic E-state index is 0. The predicted octanol–water partition coefficient (Wildman–Crippen LogP) is 2.01. The van der Waals surface area contributed by atoms with Crippen LogP contribution in [-0.4, -0.2) is 79.4 Å². The number of piperazine rings is 1. The van der Waals surface area contributed by atoms with Gasteiger partial charge < -0.3 is 15.1 Å². The van der Waals surface area contributed by atoms with E-state index in [4.69, 9.17) is 4.99 Å². The Balaban J connectivity index is 0.00000364. The SMILES string of the molecule is CCNC(=NCCN1CCN(C(C)=O)CC1)N(C)Cc1cccc(F)c1.I. The Bertz CT molecular complexity index is 620. The normalized spacial score (nSPS) is 15.3. The van der Waals surface area contributed by atoms with Crippen LogP contribution >= 0.6 is 24.0 Å². The Morgan fingerprint density at radius 3 is 2.59 bits per heavy atom. The lowest BCUT2D eigenvalue weighted by molar-refractivity contribution is -0.130. The highest BCUT2D eigenvalue weighted by atomic mass is 127. The van der Waals surface area contributed by atoms with Crippen molar-refractivity contribution in [3.05, 3.63) is 35.6 Å². The molecule has 2 rings (SSSR count). The molecule has 1 aromatic rings. The Kier molecular flexibility index (Phi) is 10.6. The van der Waals surface area contributed by atoms with E-state index < -0.39 is 0 Å². The molecule has 0 atom stereocenters. The largest absolute Gasteiger partial charge is 0.357 e. The number of nitrogens with zero attached hydrogens (tertiary/aromatic N) is 4. The van der Waals surface area contributed by atoms with Gasteiger partial charge in [0.25, 0.3) is 0 Å². The van der Waals surface area contributed by atoms with Crippen LogP contribution in [0.15, 0.2) is 29.3 Å². The second kappa shape index (κ2) is 12.1. The van der Waals surface area contributed by atoms with Gasteiger partial charge in [-0.2, -0.15) is 0 Å². The topological polar surface area (TPSA) is 51.2 Å². The molecule has 0 bridgehead atoms. The van der Waals surface area contributed by atoms with Crippen LogP contribution < -0.4 is 5.32 Å². The number of guanidine groups is 1. The van der Waals surface area contributed by atoms with Crippen molar-refractivity contribution in [1.82, 2.24) is 20.0 Å². The molecule has 6 nitrogen and oxygen atoms in total. The van der Waals surface area contributed by atoms with Crippen LogP contribution in [0.5, 0.6) is 0 Å². The first-order valence-electron chi connectivity index (χ1n) is 9.21. The van der Waals surface area contributed by atoms with Crippen LogP contribution in [-0.2, 0) is 11.3 Å². The fourth-order valence-corrected chi connectivity index (χ4v) is 3.04. The van der Waals surface area contributed by atoms with Crippen molar-refractivity contribution >= 4 is 35.8 Å². The van der Waals surface area contributed by atoms with Gasteiger partial charge in [0.15, 0.2) is 5.96 Å². The molecule has 1 heterocycles. The lowest BCUT2D eigenvalue weighted by atomic mass is 10.2. The molecule has 8 heteroatoms. The van der Waals surface area contributed by atoms with E-state index in [9.17, 15) is 9.18 Å². The molecule has 0 spiro atoms. The van der Waals surface area contributed by atoms with E-state index in [0.717, 1.165) is 50.8 Å². The molecular formula is C19H31FIN5O. The number of carbonyl (C=O) groups is 1. The average Bonchev–Trinajstić information content (AvgIpc) is 2.61. The highest BCUT2D eigenvalue weighted by Crippen LogP contribution is 2.07. The first-order chi connectivity index (χ1) is 12.5. The van der Waals surface area contributed by atoms with E-state index in [-0.39, 0.29) is 35.7 Å². The summed E-state index contributed by atoms with van der Waals surface area (Å²) in [5.74, 6) is 0.748. The molecule has 0 aromatic heterocycles. The van der Waals surface area contributed by atoms with Crippen molar-refractivity contribution in [3.8, 4) is 0 Å². The van der Waals surface area contributed by atoms with Gasteiger partial charge in [0, 0.05) is 59.8 Å². The fourth-order valence-electron chi connectivity index (χ4n) is 3.04. The predicted molar refractivity (Wildman–Crippen MR) is 118 cm³/mol. The van der Waals surface area contributed by atoms with Crippen molar-refractivity contribution < 1.29 is 9.18 Å². The van der Waals surface area contributed by atoms with Crippen molar-refractivity contribution in [2.75, 3.05) is 52.9 Å². The van der Waals surface area contributed by atoms with Gasteiger partial charge in [-0.15, -0.1) is 24.0 Å². The highest BCUT2D eigenvalue weighted by molar-refractivity contribution is 14.0. The lowest BCUT2D eigenvalue weighted by Crippen LogP contribution is -2.48. The van der Waals surface area contributed by atoms with E-state index >= 15 is 0 Å². The molecule has 152 valence electrons. The molecule has 0 saturated carbocycles. The smallest absolute Gasteiger partial charge is 0.219 e. The van der Waals surface area contributed by atoms with Gasteiger partial charge in [-0.25, -0.2) is 4.39 Å². The zero-order valence-corrected chi connectivity index (χ0v) is 18.8. The van der Waals surface area contributed by atoms with E-state index in [0.29, 0.717) is 13.1 Å². The number of aliphatic imine (C=N–C) groups is 1. The molecule has 1 saturated heterocycles. The van der Waals surface area contributed by atoms with Gasteiger partial charge in [-0.1, -0.05) is 12.1 Å². The molecule has 27 heavy (non-hydrogen) atoms. The van der Waals surface area contributed by atoms with Gasteiger partial charge >= 0.3 is 0 Å². The summed E-state index contributed by atoms with van der Waals surface area (Å²) in [5.41, 5.74) is 0.915. The van der Waals surface area contributed by atoms with Crippen molar-refractivity contribution in [1.29, 1.82) is 0 Å². The van der Waals surface area contributed by atoms with Crippen molar-refractivity contribution in [3.63, 3.8) is 0 Å². The number of carbonyl (C=O) groups excluding carboxylic acids is 1. The van der Waals surface area contributed by atoms with Crippen LogP contribution in [0.25, 0.3) is 0 Å². The minimum atomic E-state index is -0.220. The number of nitrogens with one attached hydrogen (secondary N) is 1. The van der Waals surface area contributed by atoms with E-state index in [1.165, 1.54) is 6.07 Å². The Morgan fingerprint density at radius 1 is 1.30 bits per heavy atom. The van der Waals surface area contributed by atoms with Crippen LogP contribution in [0, 0.1) is 5.82 Å². The third kappa shape index (κ3) is 8.00. The Labute approximate surface area is 178 Å². The number of hydrogen-bond acceptors (Lipinski definition) is 3. The van der Waals surface area contributed by atoms with Crippen LogP contribution in [0.1, 0.15) is 19.4 Å². The first-order valence-corrected chi connectivity index (χ1v) is 9.21. The second-order valence-electron chi connectivity index (χ2n) is 6.57. The van der Waals surface area contributed by atoms with Crippen LogP contribution in [0.4, 0.5) is 4.39 Å². The summed E-state index contributed by atoms with van der Waals surface area (Å²) in [6, 6.07) is 6.64. The van der Waals surface area contributed by atoms with Crippen LogP contribution in [0.2, 0.25) is 0 Å². The summed E-state index contributed by atoms with van der Waals surface area (Å²) < 4.78 is 13.4. The number of halogens is 2. The summed E-state index contributed by atoms with van der Waals surface area (Å²) >= 11 is 0. The van der Waals surface area contributed by atoms with E-state index in [1.54, 1.807) is 19.1 Å². The van der Waals surface area contributed by atoms with Gasteiger partial charge in [-0.05, 0) is 24.6 Å². The quantitative estimate of drug-likeness (QED) is 0.376. The molecule has 1 aliphatic heterocycles. The number of amides is 1. The minimum Gasteiger partial charge on any atom is -0.357 e. The molecule has 1 aliphatic rings. The summed E-state index contributed by atoms with van der Waals surface area (Å²) in [5, 5.41) is 3.29. The van der Waals surface area contributed by atoms with Gasteiger partial charge in [-0.3, -0.25) is 14.7 Å². The van der Waals surface area contributed by atoms with Crippen LogP contribution in [0.3, 0.4) is 0 Å². The molecule has 1 aromatic carbocycles. The standard InChI is InChI=1S/C19H30FN5O.HI/c1-4-21-19(23(3)15-17-6-5-7-18(20)14-17)22-8-9-24-10-12-25(13-11-24)16(2)26;/h5-7,14H,4,8-13,15H2,1-3H3,(H,21,22);1H. The first kappa shape index (κ1) is 23.6. The zero-order chi connectivity index (χ0) is 18.9. The molecule has 0 aliphatic carbocycles. The van der Waals surface area contributed by atoms with E-state index in [1.807, 2.05) is 29.8 Å². The van der Waals surface area contributed by atoms with E-state index in [2.05, 4.69) is 10.2 Å². The summed E-state index contributed by atoms with van der Waals surface area (Å²) in [4.78, 5) is 22.3. The number of hydrogen-bond donors (Lipinski definition) is 1. The monoisotopic (exact) mass is 491 g/mol. The Hall–Kier alpha value is -1.42. The molecule has 1 N–H and O–H groups in total. The molecular weight excluding hydrogens is 460 g/mol. The highest BCUT2D eigenvalue weighted by Gasteiger charge is 2.18. The van der Waals surface area contributed by atoms with Gasteiger partial charge in [0.1, 0.15) is 5.82 Å². The molecule has 1 fully saturated rings. The maximum atomic E-state index is 13.4. The van der Waals surface area contributed by atoms with Crippen molar-refractivity contribution in [2.45, 2.75) is 20.4 Å². The third-order valence-corrected chi connectivity index (χ3v) is 4.50. The van der Waals surface area contributed by atoms with Crippen molar-refractivity contribution in [2.24, 2.45) is 4.99 Å². The molecule has 1 amide bonds. The maximum absolute atomic E-state index is 13.4. The second-order valence-corrected chi connectivity index (χ2v) is 6.57. The fraction of sp³-hybridized carbons (Fsp3) is 0.579. The number of benzene rings is 1. The third-order valence-electron chi connectivity index (χ3n) is 4.50. The number of rotatable bonds is 6. The summed E-state index contributed by atoms with van der Waals surface area (Å²) in [6.45, 7) is 9.96. The summed E-state index contributed by atoms with van der Waals surface area (Å²) in [7, 11) is 1.96. The molecule has 0 unspecified atom stereocenters. The van der Waals surface area contributed by atoms with Gasteiger partial charge in [0.2, 0.25) is 5.91 Å². The molecule has 0 radical (unpaired) electrons. The lowest BCUT2D eigenvalue weighted by Gasteiger charge is -2.33. The average molecular weight is 491 g/mol.